The number of carbonyl (C=O) groups is 1. The summed E-state index contributed by atoms with van der Waals surface area (Å²) in [5, 5.41) is 11.7. The Labute approximate surface area is 78.5 Å². The molecule has 0 aromatic carbocycles. The van der Waals surface area contributed by atoms with E-state index in [1.165, 1.54) is 0 Å². The number of primary amides is 1. The third-order valence-corrected chi connectivity index (χ3v) is 2.46. The first-order valence-corrected chi connectivity index (χ1v) is 4.68. The van der Waals surface area contributed by atoms with Gasteiger partial charge in [0, 0.05) is 24.4 Å². The van der Waals surface area contributed by atoms with Gasteiger partial charge in [-0.15, -0.1) is 0 Å². The number of rotatable bonds is 2. The van der Waals surface area contributed by atoms with Crippen LogP contribution < -0.4 is 11.1 Å². The predicted octanol–water partition coefficient (Wildman–Crippen LogP) is -0.530. The van der Waals surface area contributed by atoms with Crippen LogP contribution >= 0.6 is 0 Å². The zero-order valence-corrected chi connectivity index (χ0v) is 8.05. The van der Waals surface area contributed by atoms with Crippen molar-refractivity contribution in [3.05, 3.63) is 0 Å². The smallest absolute Gasteiger partial charge is 0.220 e. The molecule has 2 rings (SSSR count). The van der Waals surface area contributed by atoms with E-state index in [2.05, 4.69) is 12.2 Å². The van der Waals surface area contributed by atoms with Crippen LogP contribution in [0.5, 0.6) is 0 Å². The highest BCUT2D eigenvalue weighted by Gasteiger charge is 2.30. The average Bonchev–Trinajstić information content (AvgIpc) is 2.83. The Hall–Kier alpha value is -0.610. The second kappa shape index (κ2) is 4.07. The van der Waals surface area contributed by atoms with Crippen LogP contribution in [0.4, 0.5) is 0 Å². The minimum absolute atomic E-state index is 0.130. The molecule has 13 heavy (non-hydrogen) atoms. The van der Waals surface area contributed by atoms with Crippen LogP contribution in [0, 0.1) is 11.3 Å². The molecule has 0 unspecified atom stereocenters. The summed E-state index contributed by atoms with van der Waals surface area (Å²) < 4.78 is 0. The Balaban J connectivity index is 0.000000132. The van der Waals surface area contributed by atoms with E-state index in [0.29, 0.717) is 6.61 Å². The molecule has 2 fully saturated rings. The van der Waals surface area contributed by atoms with Crippen molar-refractivity contribution in [2.45, 2.75) is 19.8 Å². The van der Waals surface area contributed by atoms with E-state index in [1.54, 1.807) is 0 Å². The highest BCUT2D eigenvalue weighted by Crippen LogP contribution is 2.27. The summed E-state index contributed by atoms with van der Waals surface area (Å²) in [5.74, 6) is 0.111. The highest BCUT2D eigenvalue weighted by atomic mass is 16.3. The molecule has 0 spiro atoms. The summed E-state index contributed by atoms with van der Waals surface area (Å²) in [5.41, 5.74) is 5.07. The molecule has 1 amide bonds. The molecule has 4 heteroatoms. The molecule has 1 aliphatic heterocycles. The molecule has 0 aromatic rings. The average molecular weight is 186 g/mol. The number of aliphatic hydroxyl groups is 1. The molecular weight excluding hydrogens is 168 g/mol. The normalized spacial score (nSPS) is 23.8. The van der Waals surface area contributed by atoms with Gasteiger partial charge < -0.3 is 16.2 Å². The fraction of sp³-hybridized carbons (Fsp3) is 0.889. The molecule has 0 radical (unpaired) electrons. The number of amides is 1. The predicted molar refractivity (Wildman–Crippen MR) is 50.0 cm³/mol. The van der Waals surface area contributed by atoms with Crippen molar-refractivity contribution in [1.82, 2.24) is 5.32 Å². The van der Waals surface area contributed by atoms with Gasteiger partial charge in [0.25, 0.3) is 0 Å². The Bertz CT molecular complexity index is 181. The molecule has 76 valence electrons. The second-order valence-corrected chi connectivity index (χ2v) is 4.25. The van der Waals surface area contributed by atoms with Crippen LogP contribution in [-0.4, -0.2) is 30.7 Å². The molecule has 0 atom stereocenters. The van der Waals surface area contributed by atoms with E-state index in [4.69, 9.17) is 10.8 Å². The van der Waals surface area contributed by atoms with Gasteiger partial charge in [-0.25, -0.2) is 0 Å². The van der Waals surface area contributed by atoms with Gasteiger partial charge in [0.15, 0.2) is 0 Å². The van der Waals surface area contributed by atoms with Crippen LogP contribution in [0.2, 0.25) is 0 Å². The molecule has 1 aliphatic carbocycles. The maximum atomic E-state index is 9.98. The van der Waals surface area contributed by atoms with Gasteiger partial charge in [-0.3, -0.25) is 4.79 Å². The number of hydrogen-bond donors (Lipinski definition) is 3. The highest BCUT2D eigenvalue weighted by molar-refractivity contribution is 5.78. The van der Waals surface area contributed by atoms with Gasteiger partial charge in [0.05, 0.1) is 6.61 Å². The minimum Gasteiger partial charge on any atom is -0.396 e. The maximum absolute atomic E-state index is 9.98. The van der Waals surface area contributed by atoms with Crippen molar-refractivity contribution in [3.8, 4) is 0 Å². The van der Waals surface area contributed by atoms with E-state index >= 15 is 0 Å². The summed E-state index contributed by atoms with van der Waals surface area (Å²) in [6.07, 6.45) is 2.05. The maximum Gasteiger partial charge on any atom is 0.220 e. The molecule has 1 heterocycles. The Morgan fingerprint density at radius 2 is 2.15 bits per heavy atom. The van der Waals surface area contributed by atoms with Crippen molar-refractivity contribution in [2.24, 2.45) is 17.1 Å². The third-order valence-electron chi connectivity index (χ3n) is 2.46. The number of nitrogens with one attached hydrogen (secondary N) is 1. The molecule has 0 aromatic heterocycles. The van der Waals surface area contributed by atoms with Gasteiger partial charge in [-0.2, -0.15) is 0 Å². The van der Waals surface area contributed by atoms with Gasteiger partial charge in [-0.05, 0) is 12.8 Å². The van der Waals surface area contributed by atoms with E-state index in [-0.39, 0.29) is 17.2 Å². The SMILES string of the molecule is CC1(CO)CNC1.NC(=O)C1CC1. The molecule has 4 nitrogen and oxygen atoms in total. The molecule has 1 saturated carbocycles. The lowest BCUT2D eigenvalue weighted by molar-refractivity contribution is -0.119. The van der Waals surface area contributed by atoms with Crippen molar-refractivity contribution in [2.75, 3.05) is 19.7 Å². The third kappa shape index (κ3) is 3.32. The minimum atomic E-state index is -0.130. The van der Waals surface area contributed by atoms with E-state index in [1.807, 2.05) is 0 Å². The number of hydrogen-bond acceptors (Lipinski definition) is 3. The summed E-state index contributed by atoms with van der Waals surface area (Å²) in [6.45, 7) is 4.34. The fourth-order valence-electron chi connectivity index (χ4n) is 1.03. The largest absolute Gasteiger partial charge is 0.396 e. The number of nitrogens with two attached hydrogens (primary N) is 1. The van der Waals surface area contributed by atoms with Crippen molar-refractivity contribution < 1.29 is 9.90 Å². The lowest BCUT2D eigenvalue weighted by Gasteiger charge is -2.37. The quantitative estimate of drug-likeness (QED) is 0.542. The summed E-state index contributed by atoms with van der Waals surface area (Å²) in [6, 6.07) is 0. The van der Waals surface area contributed by atoms with Crippen LogP contribution in [0.1, 0.15) is 19.8 Å². The lowest BCUT2D eigenvalue weighted by Crippen LogP contribution is -2.53. The van der Waals surface area contributed by atoms with Crippen molar-refractivity contribution in [1.29, 1.82) is 0 Å². The van der Waals surface area contributed by atoms with Gasteiger partial charge in [-0.1, -0.05) is 6.92 Å². The van der Waals surface area contributed by atoms with E-state index in [0.717, 1.165) is 25.9 Å². The number of aliphatic hydroxyl groups excluding tert-OH is 1. The summed E-state index contributed by atoms with van der Waals surface area (Å²) in [7, 11) is 0. The second-order valence-electron chi connectivity index (χ2n) is 4.25. The first-order chi connectivity index (χ1) is 6.07. The van der Waals surface area contributed by atoms with Gasteiger partial charge in [0.2, 0.25) is 5.91 Å². The first kappa shape index (κ1) is 10.5. The van der Waals surface area contributed by atoms with Crippen LogP contribution in [0.15, 0.2) is 0 Å². The van der Waals surface area contributed by atoms with Crippen molar-refractivity contribution >= 4 is 5.91 Å². The van der Waals surface area contributed by atoms with Crippen LogP contribution in [0.25, 0.3) is 0 Å². The van der Waals surface area contributed by atoms with Gasteiger partial charge >= 0.3 is 0 Å². The lowest BCUT2D eigenvalue weighted by atomic mass is 9.85. The standard InChI is InChI=1S/C5H11NO.C4H7NO/c1-5(4-7)2-6-3-5;5-4(6)3-1-2-3/h6-7H,2-4H2,1H3;3H,1-2H2,(H2,5,6). The number of carbonyl (C=O) groups excluding carboxylic acids is 1. The Kier molecular flexibility index (Phi) is 3.27. The van der Waals surface area contributed by atoms with E-state index in [9.17, 15) is 4.79 Å². The zero-order valence-electron chi connectivity index (χ0n) is 8.05. The molecule has 2 aliphatic rings. The first-order valence-electron chi connectivity index (χ1n) is 4.68. The molecule has 0 bridgehead atoms. The molecule has 4 N–H and O–H groups in total. The van der Waals surface area contributed by atoms with E-state index < -0.39 is 0 Å². The Morgan fingerprint density at radius 3 is 2.15 bits per heavy atom. The van der Waals surface area contributed by atoms with Crippen LogP contribution in [0.3, 0.4) is 0 Å². The van der Waals surface area contributed by atoms with Gasteiger partial charge in [0.1, 0.15) is 0 Å². The summed E-state index contributed by atoms with van der Waals surface area (Å²) >= 11 is 0. The summed E-state index contributed by atoms with van der Waals surface area (Å²) in [4.78, 5) is 9.98. The zero-order chi connectivity index (χ0) is 9.90. The molecular formula is C9H18N2O2. The topological polar surface area (TPSA) is 75.3 Å². The molecule has 1 saturated heterocycles. The van der Waals surface area contributed by atoms with Crippen LogP contribution in [-0.2, 0) is 4.79 Å². The fourth-order valence-corrected chi connectivity index (χ4v) is 1.03. The van der Waals surface area contributed by atoms with Crippen molar-refractivity contribution in [3.63, 3.8) is 0 Å². The Morgan fingerprint density at radius 1 is 1.62 bits per heavy atom. The monoisotopic (exact) mass is 186 g/mol.